The second kappa shape index (κ2) is 5.70. The lowest BCUT2D eigenvalue weighted by Gasteiger charge is -2.24. The summed E-state index contributed by atoms with van der Waals surface area (Å²) in [7, 11) is 0. The maximum Gasteiger partial charge on any atom is 0.200 e. The molecule has 1 saturated heterocycles. The van der Waals surface area contributed by atoms with Gasteiger partial charge in [-0.1, -0.05) is 0 Å². The van der Waals surface area contributed by atoms with Gasteiger partial charge in [-0.05, 0) is 0 Å². The Balaban J connectivity index is 2.15. The summed E-state index contributed by atoms with van der Waals surface area (Å²) in [5.41, 5.74) is -1.04. The summed E-state index contributed by atoms with van der Waals surface area (Å²) < 4.78 is 70.5. The summed E-state index contributed by atoms with van der Waals surface area (Å²) in [5, 5.41) is 5.17. The largest absolute Gasteiger partial charge is 0.377 e. The van der Waals surface area contributed by atoms with Crippen molar-refractivity contribution in [1.29, 1.82) is 0 Å². The van der Waals surface area contributed by atoms with Crippen molar-refractivity contribution < 1.29 is 26.7 Å². The molecule has 1 fully saturated rings. The maximum absolute atomic E-state index is 13.3. The van der Waals surface area contributed by atoms with Crippen molar-refractivity contribution in [1.82, 2.24) is 5.32 Å². The highest BCUT2D eigenvalue weighted by Gasteiger charge is 2.26. The standard InChI is InChI=1S/C11H11F5N2O/c12-6-7(13)9(15)11(10(16)8(6)14)18-4-5-3-17-1-2-19-5/h5,17-18H,1-4H2. The summed E-state index contributed by atoms with van der Waals surface area (Å²) in [6.07, 6.45) is -0.399. The van der Waals surface area contributed by atoms with E-state index in [1.807, 2.05) is 0 Å². The molecule has 1 aromatic rings. The van der Waals surface area contributed by atoms with Gasteiger partial charge < -0.3 is 15.4 Å². The predicted molar refractivity (Wildman–Crippen MR) is 57.3 cm³/mol. The molecule has 1 heterocycles. The molecule has 0 amide bonds. The number of hydrogen-bond acceptors (Lipinski definition) is 3. The van der Waals surface area contributed by atoms with Crippen LogP contribution >= 0.6 is 0 Å². The minimum Gasteiger partial charge on any atom is -0.377 e. The quantitative estimate of drug-likeness (QED) is 0.504. The van der Waals surface area contributed by atoms with E-state index in [0.717, 1.165) is 0 Å². The lowest BCUT2D eigenvalue weighted by atomic mass is 10.2. The zero-order valence-electron chi connectivity index (χ0n) is 9.70. The van der Waals surface area contributed by atoms with Crippen LogP contribution in [0.4, 0.5) is 27.6 Å². The van der Waals surface area contributed by atoms with Gasteiger partial charge in [0, 0.05) is 19.6 Å². The Labute approximate surface area is 105 Å². The number of ether oxygens (including phenoxy) is 1. The molecule has 2 rings (SSSR count). The molecule has 0 aromatic heterocycles. The van der Waals surface area contributed by atoms with Gasteiger partial charge in [-0.2, -0.15) is 0 Å². The minimum atomic E-state index is -2.17. The van der Waals surface area contributed by atoms with Gasteiger partial charge in [0.1, 0.15) is 5.69 Å². The lowest BCUT2D eigenvalue weighted by Crippen LogP contribution is -2.42. The van der Waals surface area contributed by atoms with Crippen LogP contribution in [0.15, 0.2) is 0 Å². The summed E-state index contributed by atoms with van der Waals surface area (Å²) in [4.78, 5) is 0. The van der Waals surface area contributed by atoms with E-state index < -0.39 is 40.9 Å². The van der Waals surface area contributed by atoms with Crippen LogP contribution in [-0.2, 0) is 4.74 Å². The Morgan fingerprint density at radius 3 is 2.11 bits per heavy atom. The molecule has 0 radical (unpaired) electrons. The fourth-order valence-electron chi connectivity index (χ4n) is 1.73. The number of hydrogen-bond donors (Lipinski definition) is 2. The van der Waals surface area contributed by atoms with Gasteiger partial charge in [-0.3, -0.25) is 0 Å². The highest BCUT2D eigenvalue weighted by atomic mass is 19.2. The first-order chi connectivity index (χ1) is 9.02. The third kappa shape index (κ3) is 2.79. The van der Waals surface area contributed by atoms with Crippen LogP contribution in [0.2, 0.25) is 0 Å². The predicted octanol–water partition coefficient (Wildman–Crippen LogP) is 1.78. The number of nitrogens with one attached hydrogen (secondary N) is 2. The first kappa shape index (κ1) is 14.0. The molecule has 0 spiro atoms. The van der Waals surface area contributed by atoms with E-state index in [2.05, 4.69) is 10.6 Å². The summed E-state index contributed by atoms with van der Waals surface area (Å²) >= 11 is 0. The molecule has 0 aliphatic carbocycles. The van der Waals surface area contributed by atoms with Gasteiger partial charge in [-0.15, -0.1) is 0 Å². The molecule has 1 aliphatic heterocycles. The van der Waals surface area contributed by atoms with E-state index in [9.17, 15) is 22.0 Å². The topological polar surface area (TPSA) is 33.3 Å². The van der Waals surface area contributed by atoms with E-state index in [4.69, 9.17) is 4.74 Å². The van der Waals surface area contributed by atoms with Crippen molar-refractivity contribution in [2.75, 3.05) is 31.6 Å². The molecule has 8 heteroatoms. The minimum absolute atomic E-state index is 0.0641. The maximum atomic E-state index is 13.3. The number of benzene rings is 1. The molecule has 1 aliphatic rings. The van der Waals surface area contributed by atoms with E-state index in [-0.39, 0.29) is 6.54 Å². The molecule has 1 atom stereocenters. The van der Waals surface area contributed by atoms with Crippen LogP contribution in [0, 0.1) is 29.1 Å². The van der Waals surface area contributed by atoms with Gasteiger partial charge in [0.2, 0.25) is 5.82 Å². The molecule has 106 valence electrons. The van der Waals surface area contributed by atoms with E-state index in [1.165, 1.54) is 0 Å². The van der Waals surface area contributed by atoms with E-state index >= 15 is 0 Å². The van der Waals surface area contributed by atoms with Crippen LogP contribution in [0.3, 0.4) is 0 Å². The molecule has 3 nitrogen and oxygen atoms in total. The average Bonchev–Trinajstić information content (AvgIpc) is 2.44. The zero-order chi connectivity index (χ0) is 14.0. The van der Waals surface area contributed by atoms with Crippen molar-refractivity contribution in [3.63, 3.8) is 0 Å². The molecular formula is C11H11F5N2O. The Morgan fingerprint density at radius 1 is 1.00 bits per heavy atom. The van der Waals surface area contributed by atoms with E-state index in [0.29, 0.717) is 19.7 Å². The molecule has 2 N–H and O–H groups in total. The van der Waals surface area contributed by atoms with Crippen LogP contribution in [0.1, 0.15) is 0 Å². The summed E-state index contributed by atoms with van der Waals surface area (Å²) in [6, 6.07) is 0. The Kier molecular flexibility index (Phi) is 4.20. The van der Waals surface area contributed by atoms with Crippen LogP contribution in [0.5, 0.6) is 0 Å². The van der Waals surface area contributed by atoms with Gasteiger partial charge in [0.05, 0.1) is 12.7 Å². The highest BCUT2D eigenvalue weighted by molar-refractivity contribution is 5.47. The molecule has 0 saturated carbocycles. The fourth-order valence-corrected chi connectivity index (χ4v) is 1.73. The van der Waals surface area contributed by atoms with Crippen molar-refractivity contribution in [2.45, 2.75) is 6.10 Å². The van der Waals surface area contributed by atoms with E-state index in [1.54, 1.807) is 0 Å². The summed E-state index contributed by atoms with van der Waals surface area (Å²) in [5.74, 6) is -9.86. The molecular weight excluding hydrogens is 271 g/mol. The highest BCUT2D eigenvalue weighted by Crippen LogP contribution is 2.27. The number of morpholine rings is 1. The van der Waals surface area contributed by atoms with Crippen molar-refractivity contribution in [3.8, 4) is 0 Å². The monoisotopic (exact) mass is 282 g/mol. The smallest absolute Gasteiger partial charge is 0.200 e. The first-order valence-electron chi connectivity index (χ1n) is 5.60. The van der Waals surface area contributed by atoms with Crippen molar-refractivity contribution >= 4 is 5.69 Å². The number of rotatable bonds is 3. The van der Waals surface area contributed by atoms with Crippen LogP contribution in [0.25, 0.3) is 0 Å². The summed E-state index contributed by atoms with van der Waals surface area (Å²) in [6.45, 7) is 1.44. The van der Waals surface area contributed by atoms with Crippen LogP contribution in [-0.4, -0.2) is 32.3 Å². The Hall–Kier alpha value is -1.41. The van der Waals surface area contributed by atoms with Gasteiger partial charge in [0.25, 0.3) is 0 Å². The number of halogens is 5. The zero-order valence-corrected chi connectivity index (χ0v) is 9.70. The third-order valence-corrected chi connectivity index (χ3v) is 2.72. The fraction of sp³-hybridized carbons (Fsp3) is 0.455. The Morgan fingerprint density at radius 2 is 1.58 bits per heavy atom. The lowest BCUT2D eigenvalue weighted by molar-refractivity contribution is 0.0371. The number of anilines is 1. The van der Waals surface area contributed by atoms with Gasteiger partial charge >= 0.3 is 0 Å². The normalized spacial score (nSPS) is 19.5. The van der Waals surface area contributed by atoms with Gasteiger partial charge in [0.15, 0.2) is 23.3 Å². The van der Waals surface area contributed by atoms with Crippen molar-refractivity contribution in [2.24, 2.45) is 0 Å². The van der Waals surface area contributed by atoms with Crippen LogP contribution < -0.4 is 10.6 Å². The SMILES string of the molecule is Fc1c(F)c(F)c(NCC2CNCCO2)c(F)c1F. The second-order valence-corrected chi connectivity index (χ2v) is 4.02. The first-order valence-corrected chi connectivity index (χ1v) is 5.60. The molecule has 1 aromatic carbocycles. The third-order valence-electron chi connectivity index (χ3n) is 2.72. The van der Waals surface area contributed by atoms with Crippen molar-refractivity contribution in [3.05, 3.63) is 29.1 Å². The average molecular weight is 282 g/mol. The van der Waals surface area contributed by atoms with Gasteiger partial charge in [-0.25, -0.2) is 22.0 Å². The second-order valence-electron chi connectivity index (χ2n) is 4.02. The Bertz CT molecular complexity index is 448. The molecule has 19 heavy (non-hydrogen) atoms. The molecule has 0 bridgehead atoms. The molecule has 1 unspecified atom stereocenters.